The molecule has 8 heteroatoms. The van der Waals surface area contributed by atoms with Crippen molar-refractivity contribution < 1.29 is 19.2 Å². The molecular weight excluding hydrogens is 282 g/mol. The van der Waals surface area contributed by atoms with Crippen molar-refractivity contribution >= 4 is 29.0 Å². The molecule has 106 valence electrons. The molecule has 0 saturated heterocycles. The number of amides is 2. The van der Waals surface area contributed by atoms with E-state index < -0.39 is 17.4 Å². The van der Waals surface area contributed by atoms with Crippen molar-refractivity contribution in [1.29, 1.82) is 0 Å². The fraction of sp³-hybridized carbons (Fsp3) is 0.250. The standard InChI is InChI=1S/C12H13N3O4S/c1-12(18,8-3-2-6-20-8)7-13-10(16)11(17)14-9-4-5-19-15-9/h2-6,18H,7H2,1H3,(H,13,16)(H,14,15,17)/t12-/m0/s1. The van der Waals surface area contributed by atoms with Crippen LogP contribution in [0.4, 0.5) is 5.82 Å². The molecule has 2 aromatic rings. The molecule has 2 heterocycles. The normalized spacial score (nSPS) is 13.5. The summed E-state index contributed by atoms with van der Waals surface area (Å²) in [6.45, 7) is 1.49. The van der Waals surface area contributed by atoms with E-state index in [-0.39, 0.29) is 12.4 Å². The van der Waals surface area contributed by atoms with Gasteiger partial charge >= 0.3 is 11.8 Å². The first-order valence-corrected chi connectivity index (χ1v) is 6.63. The number of nitrogens with zero attached hydrogens (tertiary/aromatic N) is 1. The number of hydrogen-bond donors (Lipinski definition) is 3. The van der Waals surface area contributed by atoms with Gasteiger partial charge in [0.25, 0.3) is 0 Å². The van der Waals surface area contributed by atoms with Gasteiger partial charge in [0, 0.05) is 10.9 Å². The van der Waals surface area contributed by atoms with Crippen LogP contribution in [0.2, 0.25) is 0 Å². The largest absolute Gasteiger partial charge is 0.383 e. The third-order valence-electron chi connectivity index (χ3n) is 2.53. The van der Waals surface area contributed by atoms with Crippen LogP contribution in [0.5, 0.6) is 0 Å². The summed E-state index contributed by atoms with van der Waals surface area (Å²) in [5.41, 5.74) is -1.22. The zero-order valence-corrected chi connectivity index (χ0v) is 11.4. The molecule has 0 aliphatic carbocycles. The predicted molar refractivity (Wildman–Crippen MR) is 72.0 cm³/mol. The van der Waals surface area contributed by atoms with Gasteiger partial charge in [-0.15, -0.1) is 11.3 Å². The van der Waals surface area contributed by atoms with E-state index in [0.717, 1.165) is 0 Å². The van der Waals surface area contributed by atoms with Crippen molar-refractivity contribution in [2.75, 3.05) is 11.9 Å². The van der Waals surface area contributed by atoms with Crippen LogP contribution < -0.4 is 10.6 Å². The minimum Gasteiger partial charge on any atom is -0.383 e. The Morgan fingerprint density at radius 3 is 2.85 bits per heavy atom. The summed E-state index contributed by atoms with van der Waals surface area (Å²) in [5, 5.41) is 20.1. The van der Waals surface area contributed by atoms with E-state index in [4.69, 9.17) is 0 Å². The number of aromatic nitrogens is 1. The van der Waals surface area contributed by atoms with E-state index in [1.165, 1.54) is 23.7 Å². The van der Waals surface area contributed by atoms with Gasteiger partial charge < -0.3 is 14.9 Å². The molecule has 0 bridgehead atoms. The molecule has 20 heavy (non-hydrogen) atoms. The smallest absolute Gasteiger partial charge is 0.314 e. The Kier molecular flexibility index (Phi) is 4.16. The second-order valence-electron chi connectivity index (χ2n) is 4.27. The number of hydrogen-bond acceptors (Lipinski definition) is 6. The molecule has 0 fully saturated rings. The zero-order chi connectivity index (χ0) is 14.6. The van der Waals surface area contributed by atoms with Crippen LogP contribution in [0.15, 0.2) is 34.4 Å². The van der Waals surface area contributed by atoms with E-state index in [9.17, 15) is 14.7 Å². The molecule has 0 aliphatic rings. The highest BCUT2D eigenvalue weighted by atomic mass is 32.1. The number of carbonyl (C=O) groups excluding carboxylic acids is 2. The summed E-state index contributed by atoms with van der Waals surface area (Å²) in [6.07, 6.45) is 1.27. The van der Waals surface area contributed by atoms with Gasteiger partial charge in [0.2, 0.25) is 0 Å². The molecule has 2 amide bonds. The molecule has 0 aromatic carbocycles. The van der Waals surface area contributed by atoms with Crippen LogP contribution in [0.3, 0.4) is 0 Å². The van der Waals surface area contributed by atoms with Gasteiger partial charge in [0.05, 0.1) is 6.54 Å². The van der Waals surface area contributed by atoms with E-state index >= 15 is 0 Å². The molecule has 0 radical (unpaired) electrons. The lowest BCUT2D eigenvalue weighted by molar-refractivity contribution is -0.136. The zero-order valence-electron chi connectivity index (χ0n) is 10.6. The van der Waals surface area contributed by atoms with E-state index in [2.05, 4.69) is 20.3 Å². The summed E-state index contributed by atoms with van der Waals surface area (Å²) >= 11 is 1.37. The highest BCUT2D eigenvalue weighted by Gasteiger charge is 2.26. The molecule has 0 spiro atoms. The topological polar surface area (TPSA) is 104 Å². The van der Waals surface area contributed by atoms with Crippen LogP contribution in [0, 0.1) is 0 Å². The number of carbonyl (C=O) groups is 2. The van der Waals surface area contributed by atoms with Crippen molar-refractivity contribution in [3.63, 3.8) is 0 Å². The van der Waals surface area contributed by atoms with Gasteiger partial charge in [0.15, 0.2) is 5.82 Å². The number of anilines is 1. The van der Waals surface area contributed by atoms with Crippen LogP contribution >= 0.6 is 11.3 Å². The van der Waals surface area contributed by atoms with Crippen molar-refractivity contribution in [3.05, 3.63) is 34.7 Å². The minimum atomic E-state index is -1.22. The average Bonchev–Trinajstić information content (AvgIpc) is 3.08. The van der Waals surface area contributed by atoms with Gasteiger partial charge in [0.1, 0.15) is 11.9 Å². The molecule has 3 N–H and O–H groups in total. The maximum absolute atomic E-state index is 11.6. The van der Waals surface area contributed by atoms with Crippen LogP contribution in [0.1, 0.15) is 11.8 Å². The summed E-state index contributed by atoms with van der Waals surface area (Å²) in [4.78, 5) is 23.8. The van der Waals surface area contributed by atoms with Crippen LogP contribution in [0.25, 0.3) is 0 Å². The van der Waals surface area contributed by atoms with E-state index in [1.807, 2.05) is 5.38 Å². The average molecular weight is 295 g/mol. The van der Waals surface area contributed by atoms with Crippen molar-refractivity contribution in [3.8, 4) is 0 Å². The number of rotatable bonds is 4. The third-order valence-corrected chi connectivity index (χ3v) is 3.65. The first-order valence-electron chi connectivity index (χ1n) is 5.75. The molecule has 7 nitrogen and oxygen atoms in total. The maximum atomic E-state index is 11.6. The highest BCUT2D eigenvalue weighted by molar-refractivity contribution is 7.10. The van der Waals surface area contributed by atoms with Gasteiger partial charge in [-0.3, -0.25) is 14.9 Å². The van der Waals surface area contributed by atoms with E-state index in [1.54, 1.807) is 19.1 Å². The Hall–Kier alpha value is -2.19. The lowest BCUT2D eigenvalue weighted by atomic mass is 10.1. The minimum absolute atomic E-state index is 0.0709. The van der Waals surface area contributed by atoms with Gasteiger partial charge in [-0.2, -0.15) is 0 Å². The van der Waals surface area contributed by atoms with Crippen LogP contribution in [-0.2, 0) is 15.2 Å². The fourth-order valence-electron chi connectivity index (χ4n) is 1.45. The van der Waals surface area contributed by atoms with Crippen molar-refractivity contribution in [2.24, 2.45) is 0 Å². The monoisotopic (exact) mass is 295 g/mol. The second kappa shape index (κ2) is 5.85. The lowest BCUT2D eigenvalue weighted by Crippen LogP contribution is -2.43. The Labute approximate surface area is 118 Å². The molecule has 2 aromatic heterocycles. The molecule has 2 rings (SSSR count). The molecule has 0 saturated carbocycles. The van der Waals surface area contributed by atoms with E-state index in [0.29, 0.717) is 4.88 Å². The Balaban J connectivity index is 1.87. The Bertz CT molecular complexity index is 578. The van der Waals surface area contributed by atoms with Crippen molar-refractivity contribution in [2.45, 2.75) is 12.5 Å². The van der Waals surface area contributed by atoms with Crippen LogP contribution in [-0.4, -0.2) is 28.6 Å². The maximum Gasteiger partial charge on any atom is 0.314 e. The highest BCUT2D eigenvalue weighted by Crippen LogP contribution is 2.24. The summed E-state index contributed by atoms with van der Waals surface area (Å²) < 4.78 is 4.52. The van der Waals surface area contributed by atoms with Gasteiger partial charge in [-0.25, -0.2) is 0 Å². The van der Waals surface area contributed by atoms with Crippen molar-refractivity contribution in [1.82, 2.24) is 10.5 Å². The first-order chi connectivity index (χ1) is 9.49. The number of aliphatic hydroxyl groups is 1. The quantitative estimate of drug-likeness (QED) is 0.720. The summed E-state index contributed by atoms with van der Waals surface area (Å²) in [6, 6.07) is 4.97. The van der Waals surface area contributed by atoms with Gasteiger partial charge in [-0.1, -0.05) is 11.2 Å². The number of nitrogens with one attached hydrogen (secondary N) is 2. The first kappa shape index (κ1) is 14.2. The number of thiophene rings is 1. The Morgan fingerprint density at radius 2 is 2.25 bits per heavy atom. The third kappa shape index (κ3) is 3.43. The SMILES string of the molecule is C[C@](O)(CNC(=O)C(=O)Nc1ccon1)c1cccs1. The van der Waals surface area contributed by atoms with Gasteiger partial charge in [-0.05, 0) is 18.4 Å². The molecular formula is C12H13N3O4S. The summed E-state index contributed by atoms with van der Waals surface area (Å²) in [5.74, 6) is -1.58. The lowest BCUT2D eigenvalue weighted by Gasteiger charge is -2.21. The predicted octanol–water partition coefficient (Wildman–Crippen LogP) is 0.698. The molecule has 1 atom stereocenters. The molecule has 0 aliphatic heterocycles. The Morgan fingerprint density at radius 1 is 1.45 bits per heavy atom. The molecule has 0 unspecified atom stereocenters. The fourth-order valence-corrected chi connectivity index (χ4v) is 2.24. The second-order valence-corrected chi connectivity index (χ2v) is 5.22. The summed E-state index contributed by atoms with van der Waals surface area (Å²) in [7, 11) is 0.